The van der Waals surface area contributed by atoms with Crippen LogP contribution >= 0.6 is 11.8 Å². The Morgan fingerprint density at radius 2 is 2.40 bits per heavy atom. The number of carbonyl (C=O) groups is 1. The van der Waals surface area contributed by atoms with Crippen molar-refractivity contribution in [2.45, 2.75) is 19.5 Å². The van der Waals surface area contributed by atoms with E-state index in [1.54, 1.807) is 30.8 Å². The third kappa shape index (κ3) is 3.49. The summed E-state index contributed by atoms with van der Waals surface area (Å²) in [5, 5.41) is 16.9. The molecule has 0 aromatic heterocycles. The Hall–Kier alpha value is -1.60. The first-order valence-corrected chi connectivity index (χ1v) is 7.57. The molecule has 1 heterocycles. The number of carbonyl (C=O) groups excluding carboxylic acids is 1. The Kier molecular flexibility index (Phi) is 4.97. The van der Waals surface area contributed by atoms with Gasteiger partial charge in [-0.3, -0.25) is 14.9 Å². The Labute approximate surface area is 121 Å². The molecule has 1 aromatic carbocycles. The minimum atomic E-state index is -0.403. The van der Waals surface area contributed by atoms with Crippen molar-refractivity contribution in [3.8, 4) is 0 Å². The molecule has 1 atom stereocenters. The maximum Gasteiger partial charge on any atom is 0.272 e. The lowest BCUT2D eigenvalue weighted by molar-refractivity contribution is -0.385. The van der Waals surface area contributed by atoms with Gasteiger partial charge in [0.05, 0.1) is 11.0 Å². The number of rotatable bonds is 4. The van der Waals surface area contributed by atoms with Gasteiger partial charge in [-0.25, -0.2) is 0 Å². The summed E-state index contributed by atoms with van der Waals surface area (Å²) in [5.74, 6) is 1.73. The summed E-state index contributed by atoms with van der Waals surface area (Å²) < 4.78 is 0. The second-order valence-electron chi connectivity index (χ2n) is 4.62. The Bertz CT molecular complexity index is 516. The molecule has 1 amide bonds. The van der Waals surface area contributed by atoms with E-state index in [-0.39, 0.29) is 17.6 Å². The van der Waals surface area contributed by atoms with Gasteiger partial charge in [-0.1, -0.05) is 12.1 Å². The van der Waals surface area contributed by atoms with E-state index < -0.39 is 4.92 Å². The molecule has 1 aliphatic rings. The van der Waals surface area contributed by atoms with E-state index in [0.717, 1.165) is 23.6 Å². The van der Waals surface area contributed by atoms with Crippen LogP contribution in [0.5, 0.6) is 0 Å². The van der Waals surface area contributed by atoms with Crippen molar-refractivity contribution in [3.63, 3.8) is 0 Å². The average molecular weight is 295 g/mol. The SMILES string of the molecule is Cc1c(CNC(=O)C2CSCCN2)cccc1[N+](=O)[O-]. The molecule has 1 aromatic rings. The molecule has 1 saturated heterocycles. The van der Waals surface area contributed by atoms with Crippen molar-refractivity contribution in [1.82, 2.24) is 10.6 Å². The molecule has 0 bridgehead atoms. The lowest BCUT2D eigenvalue weighted by Gasteiger charge is -2.22. The average Bonchev–Trinajstić information content (AvgIpc) is 2.46. The predicted octanol–water partition coefficient (Wildman–Crippen LogP) is 1.22. The molecule has 1 unspecified atom stereocenters. The smallest absolute Gasteiger partial charge is 0.272 e. The van der Waals surface area contributed by atoms with Crippen LogP contribution in [0.3, 0.4) is 0 Å². The maximum absolute atomic E-state index is 12.0. The fourth-order valence-corrected chi connectivity index (χ4v) is 3.03. The summed E-state index contributed by atoms with van der Waals surface area (Å²) in [4.78, 5) is 22.4. The largest absolute Gasteiger partial charge is 0.351 e. The molecule has 20 heavy (non-hydrogen) atoms. The van der Waals surface area contributed by atoms with Crippen LogP contribution in [0.2, 0.25) is 0 Å². The van der Waals surface area contributed by atoms with Crippen molar-refractivity contribution >= 4 is 23.4 Å². The molecule has 7 heteroatoms. The fourth-order valence-electron chi connectivity index (χ4n) is 2.10. The van der Waals surface area contributed by atoms with Crippen molar-refractivity contribution in [2.75, 3.05) is 18.1 Å². The van der Waals surface area contributed by atoms with Gasteiger partial charge < -0.3 is 10.6 Å². The number of nitro groups is 1. The van der Waals surface area contributed by atoms with Crippen LogP contribution in [0.25, 0.3) is 0 Å². The first kappa shape index (κ1) is 14.8. The molecule has 6 nitrogen and oxygen atoms in total. The molecule has 2 N–H and O–H groups in total. The molecule has 1 fully saturated rings. The number of nitro benzene ring substituents is 1. The minimum absolute atomic E-state index is 0.0527. The van der Waals surface area contributed by atoms with Gasteiger partial charge in [-0.2, -0.15) is 11.8 Å². The predicted molar refractivity (Wildman–Crippen MR) is 78.8 cm³/mol. The van der Waals surface area contributed by atoms with Gasteiger partial charge in [0.2, 0.25) is 5.91 Å². The van der Waals surface area contributed by atoms with Crippen molar-refractivity contribution in [2.24, 2.45) is 0 Å². The highest BCUT2D eigenvalue weighted by Gasteiger charge is 2.21. The van der Waals surface area contributed by atoms with Crippen LogP contribution < -0.4 is 10.6 Å². The molecule has 0 spiro atoms. The Balaban J connectivity index is 1.98. The van der Waals surface area contributed by atoms with E-state index in [1.165, 1.54) is 6.07 Å². The normalized spacial score (nSPS) is 18.6. The molecular weight excluding hydrogens is 278 g/mol. The van der Waals surface area contributed by atoms with Crippen molar-refractivity contribution in [1.29, 1.82) is 0 Å². The van der Waals surface area contributed by atoms with Crippen LogP contribution in [0, 0.1) is 17.0 Å². The number of nitrogens with zero attached hydrogens (tertiary/aromatic N) is 1. The van der Waals surface area contributed by atoms with Gasteiger partial charge in [-0.05, 0) is 12.5 Å². The van der Waals surface area contributed by atoms with Crippen LogP contribution in [-0.4, -0.2) is 34.9 Å². The summed E-state index contributed by atoms with van der Waals surface area (Å²) in [6.45, 7) is 2.85. The fraction of sp³-hybridized carbons (Fsp3) is 0.462. The zero-order valence-corrected chi connectivity index (χ0v) is 12.0. The summed E-state index contributed by atoms with van der Waals surface area (Å²) in [6, 6.07) is 4.74. The lowest BCUT2D eigenvalue weighted by Crippen LogP contribution is -2.48. The third-order valence-corrected chi connectivity index (χ3v) is 4.37. The van der Waals surface area contributed by atoms with E-state index in [9.17, 15) is 14.9 Å². The van der Waals surface area contributed by atoms with E-state index in [2.05, 4.69) is 10.6 Å². The van der Waals surface area contributed by atoms with Gasteiger partial charge in [-0.15, -0.1) is 0 Å². The Morgan fingerprint density at radius 3 is 3.05 bits per heavy atom. The van der Waals surface area contributed by atoms with Crippen molar-refractivity contribution < 1.29 is 9.72 Å². The topological polar surface area (TPSA) is 84.3 Å². The van der Waals surface area contributed by atoms with E-state index >= 15 is 0 Å². The van der Waals surface area contributed by atoms with E-state index in [0.29, 0.717) is 12.1 Å². The number of nitrogens with one attached hydrogen (secondary N) is 2. The molecule has 0 radical (unpaired) electrons. The number of hydrogen-bond donors (Lipinski definition) is 2. The standard InChI is InChI=1S/C13H17N3O3S/c1-9-10(3-2-4-12(9)16(18)19)7-15-13(17)11-8-20-6-5-14-11/h2-4,11,14H,5-8H2,1H3,(H,15,17). The second kappa shape index (κ2) is 6.71. The first-order chi connectivity index (χ1) is 9.59. The lowest BCUT2D eigenvalue weighted by atomic mass is 10.1. The maximum atomic E-state index is 12.0. The zero-order valence-electron chi connectivity index (χ0n) is 11.2. The second-order valence-corrected chi connectivity index (χ2v) is 5.77. The monoisotopic (exact) mass is 295 g/mol. The summed E-state index contributed by atoms with van der Waals surface area (Å²) in [7, 11) is 0. The highest BCUT2D eigenvalue weighted by molar-refractivity contribution is 7.99. The first-order valence-electron chi connectivity index (χ1n) is 6.41. The van der Waals surface area contributed by atoms with E-state index in [1.807, 2.05) is 0 Å². The van der Waals surface area contributed by atoms with Crippen molar-refractivity contribution in [3.05, 3.63) is 39.4 Å². The molecule has 108 valence electrons. The summed E-state index contributed by atoms with van der Waals surface area (Å²) in [5.41, 5.74) is 1.46. The molecule has 0 saturated carbocycles. The van der Waals surface area contributed by atoms with Gasteiger partial charge in [0.1, 0.15) is 0 Å². The Morgan fingerprint density at radius 1 is 1.60 bits per heavy atom. The number of amides is 1. The number of benzene rings is 1. The van der Waals surface area contributed by atoms with Crippen LogP contribution in [-0.2, 0) is 11.3 Å². The molecular formula is C13H17N3O3S. The van der Waals surface area contributed by atoms with Gasteiger partial charge in [0.25, 0.3) is 5.69 Å². The van der Waals surface area contributed by atoms with Crippen LogP contribution in [0.4, 0.5) is 5.69 Å². The highest BCUT2D eigenvalue weighted by Crippen LogP contribution is 2.20. The van der Waals surface area contributed by atoms with Gasteiger partial charge >= 0.3 is 0 Å². The van der Waals surface area contributed by atoms with Gasteiger partial charge in [0.15, 0.2) is 0 Å². The summed E-state index contributed by atoms with van der Waals surface area (Å²) in [6.07, 6.45) is 0. The third-order valence-electron chi connectivity index (χ3n) is 3.31. The molecule has 1 aliphatic heterocycles. The van der Waals surface area contributed by atoms with E-state index in [4.69, 9.17) is 0 Å². The quantitative estimate of drug-likeness (QED) is 0.644. The molecule has 0 aliphatic carbocycles. The number of thioether (sulfide) groups is 1. The highest BCUT2D eigenvalue weighted by atomic mass is 32.2. The molecule has 2 rings (SSSR count). The zero-order chi connectivity index (χ0) is 14.5. The minimum Gasteiger partial charge on any atom is -0.351 e. The number of hydrogen-bond acceptors (Lipinski definition) is 5. The van der Waals surface area contributed by atoms with Crippen LogP contribution in [0.15, 0.2) is 18.2 Å². The van der Waals surface area contributed by atoms with Gasteiger partial charge in [0, 0.05) is 36.2 Å². The summed E-state index contributed by atoms with van der Waals surface area (Å²) >= 11 is 1.75. The van der Waals surface area contributed by atoms with Crippen LogP contribution in [0.1, 0.15) is 11.1 Å².